The number of amides is 2. The highest BCUT2D eigenvalue weighted by Crippen LogP contribution is 2.25. The minimum atomic E-state index is -3.81. The summed E-state index contributed by atoms with van der Waals surface area (Å²) in [5.41, 5.74) is 1.48. The predicted molar refractivity (Wildman–Crippen MR) is 135 cm³/mol. The highest BCUT2D eigenvalue weighted by atomic mass is 35.5. The predicted octanol–water partition coefficient (Wildman–Crippen LogP) is 5.23. The van der Waals surface area contributed by atoms with E-state index in [1.54, 1.807) is 36.4 Å². The highest BCUT2D eigenvalue weighted by Gasteiger charge is 2.20. The van der Waals surface area contributed by atoms with E-state index in [9.17, 15) is 18.0 Å². The van der Waals surface area contributed by atoms with Crippen LogP contribution in [0.3, 0.4) is 0 Å². The molecule has 3 rings (SSSR count). The van der Waals surface area contributed by atoms with E-state index in [1.807, 2.05) is 27.7 Å². The van der Waals surface area contributed by atoms with Gasteiger partial charge in [0.05, 0.1) is 32.4 Å². The average molecular weight is 500 g/mol. The van der Waals surface area contributed by atoms with E-state index in [0.717, 1.165) is 5.56 Å². The number of benzene rings is 3. The van der Waals surface area contributed by atoms with Crippen molar-refractivity contribution in [3.8, 4) is 0 Å². The second-order valence-electron chi connectivity index (χ2n) is 8.82. The molecule has 3 N–H and O–H groups in total. The lowest BCUT2D eigenvalue weighted by atomic mass is 10.1. The van der Waals surface area contributed by atoms with Crippen molar-refractivity contribution in [1.82, 2.24) is 5.32 Å². The van der Waals surface area contributed by atoms with Crippen molar-refractivity contribution in [2.24, 2.45) is 0 Å². The van der Waals surface area contributed by atoms with Gasteiger partial charge in [0.15, 0.2) is 0 Å². The molecule has 0 saturated heterocycles. The molecule has 178 valence electrons. The summed E-state index contributed by atoms with van der Waals surface area (Å²) in [6.07, 6.45) is 0. The maximum atomic E-state index is 12.9. The molecule has 0 aliphatic rings. The molecular weight excluding hydrogens is 474 g/mol. The fourth-order valence-electron chi connectivity index (χ4n) is 3.08. The number of halogens is 1. The summed E-state index contributed by atoms with van der Waals surface area (Å²) in [6, 6.07) is 17.3. The number of carbonyl (C=O) groups excluding carboxylic acids is 2. The molecule has 3 aromatic rings. The average Bonchev–Trinajstić information content (AvgIpc) is 2.73. The van der Waals surface area contributed by atoms with Crippen LogP contribution in [0.5, 0.6) is 0 Å². The number of aryl methyl sites for hydroxylation is 1. The largest absolute Gasteiger partial charge is 0.347 e. The molecule has 2 amide bonds. The van der Waals surface area contributed by atoms with Gasteiger partial charge < -0.3 is 10.6 Å². The Balaban J connectivity index is 1.79. The molecule has 0 bridgehead atoms. The third-order valence-corrected chi connectivity index (χ3v) is 6.42. The van der Waals surface area contributed by atoms with Crippen LogP contribution in [0.1, 0.15) is 47.1 Å². The molecule has 3 aromatic carbocycles. The smallest absolute Gasteiger partial charge is 0.261 e. The lowest BCUT2D eigenvalue weighted by molar-refractivity contribution is 0.0920. The molecule has 0 atom stereocenters. The molecule has 0 aromatic heterocycles. The summed E-state index contributed by atoms with van der Waals surface area (Å²) in [5, 5.41) is 5.63. The van der Waals surface area contributed by atoms with Crippen LogP contribution in [-0.4, -0.2) is 25.8 Å². The minimum absolute atomic E-state index is 0.0539. The van der Waals surface area contributed by atoms with Crippen molar-refractivity contribution in [3.05, 3.63) is 88.4 Å². The molecule has 0 spiro atoms. The molecule has 34 heavy (non-hydrogen) atoms. The normalized spacial score (nSPS) is 11.6. The molecule has 0 radical (unpaired) electrons. The van der Waals surface area contributed by atoms with Crippen molar-refractivity contribution in [2.75, 3.05) is 10.0 Å². The molecule has 0 heterocycles. The molecule has 9 heteroatoms. The summed E-state index contributed by atoms with van der Waals surface area (Å²) in [4.78, 5) is 25.6. The van der Waals surface area contributed by atoms with E-state index < -0.39 is 21.5 Å². The van der Waals surface area contributed by atoms with Crippen molar-refractivity contribution in [1.29, 1.82) is 0 Å². The number of hydrogen-bond donors (Lipinski definition) is 3. The van der Waals surface area contributed by atoms with Crippen LogP contribution in [0, 0.1) is 6.92 Å². The van der Waals surface area contributed by atoms with Crippen LogP contribution in [0.2, 0.25) is 5.02 Å². The molecule has 0 fully saturated rings. The molecule has 7 nitrogen and oxygen atoms in total. The third-order valence-electron chi connectivity index (χ3n) is 4.71. The van der Waals surface area contributed by atoms with E-state index in [2.05, 4.69) is 15.4 Å². The van der Waals surface area contributed by atoms with Crippen molar-refractivity contribution in [3.63, 3.8) is 0 Å². The first-order valence-corrected chi connectivity index (χ1v) is 12.3. The van der Waals surface area contributed by atoms with Crippen LogP contribution >= 0.6 is 11.6 Å². The van der Waals surface area contributed by atoms with Gasteiger partial charge in [-0.3, -0.25) is 14.3 Å². The van der Waals surface area contributed by atoms with Gasteiger partial charge in [0.1, 0.15) is 0 Å². The summed E-state index contributed by atoms with van der Waals surface area (Å²) >= 11 is 6.30. The first-order valence-electron chi connectivity index (χ1n) is 10.5. The standard InChI is InChI=1S/C25H26ClN3O4S/c1-16-9-12-18(13-10-16)34(32,33)29-17-11-14-19(21(26)15-17)23(30)27-22-8-6-5-7-20(22)24(31)28-25(2,3)4/h5-15,29H,1-4H3,(H,27,30)(H,28,31). The zero-order chi connectivity index (χ0) is 25.1. The summed E-state index contributed by atoms with van der Waals surface area (Å²) in [6.45, 7) is 7.45. The Morgan fingerprint density at radius 3 is 2.12 bits per heavy atom. The fraction of sp³-hybridized carbons (Fsp3) is 0.200. The summed E-state index contributed by atoms with van der Waals surface area (Å²) in [7, 11) is -3.81. The number of para-hydroxylation sites is 1. The van der Waals surface area contributed by atoms with Crippen LogP contribution < -0.4 is 15.4 Å². The van der Waals surface area contributed by atoms with Gasteiger partial charge in [-0.2, -0.15) is 0 Å². The van der Waals surface area contributed by atoms with Crippen molar-refractivity contribution < 1.29 is 18.0 Å². The van der Waals surface area contributed by atoms with Crippen molar-refractivity contribution >= 4 is 44.8 Å². The fourth-order valence-corrected chi connectivity index (χ4v) is 4.40. The van der Waals surface area contributed by atoms with Gasteiger partial charge >= 0.3 is 0 Å². The second-order valence-corrected chi connectivity index (χ2v) is 10.9. The van der Waals surface area contributed by atoms with Crippen LogP contribution in [0.25, 0.3) is 0 Å². The van der Waals surface area contributed by atoms with Gasteiger partial charge in [0.2, 0.25) is 0 Å². The van der Waals surface area contributed by atoms with E-state index in [4.69, 9.17) is 11.6 Å². The van der Waals surface area contributed by atoms with E-state index in [1.165, 1.54) is 30.3 Å². The Morgan fingerprint density at radius 2 is 1.50 bits per heavy atom. The first-order chi connectivity index (χ1) is 15.9. The highest BCUT2D eigenvalue weighted by molar-refractivity contribution is 7.92. The summed E-state index contributed by atoms with van der Waals surface area (Å²) < 4.78 is 27.7. The molecule has 0 aliphatic carbocycles. The monoisotopic (exact) mass is 499 g/mol. The topological polar surface area (TPSA) is 104 Å². The first kappa shape index (κ1) is 25.3. The van der Waals surface area contributed by atoms with Gasteiger partial charge in [-0.05, 0) is 70.2 Å². The third kappa shape index (κ3) is 6.36. The van der Waals surface area contributed by atoms with Crippen LogP contribution in [0.4, 0.5) is 11.4 Å². The van der Waals surface area contributed by atoms with Gasteiger partial charge in [0, 0.05) is 5.54 Å². The van der Waals surface area contributed by atoms with Crippen molar-refractivity contribution in [2.45, 2.75) is 38.1 Å². The summed E-state index contributed by atoms with van der Waals surface area (Å²) in [5.74, 6) is -0.857. The number of rotatable bonds is 6. The Bertz CT molecular complexity index is 1330. The van der Waals surface area contributed by atoms with E-state index in [-0.39, 0.29) is 27.1 Å². The maximum absolute atomic E-state index is 12.9. The van der Waals surface area contributed by atoms with Crippen LogP contribution in [-0.2, 0) is 10.0 Å². The Morgan fingerprint density at radius 1 is 0.853 bits per heavy atom. The lowest BCUT2D eigenvalue weighted by Crippen LogP contribution is -2.40. The number of sulfonamides is 1. The van der Waals surface area contributed by atoms with E-state index in [0.29, 0.717) is 11.3 Å². The number of nitrogens with one attached hydrogen (secondary N) is 3. The SMILES string of the molecule is Cc1ccc(S(=O)(=O)Nc2ccc(C(=O)Nc3ccccc3C(=O)NC(C)(C)C)c(Cl)c2)cc1. The lowest BCUT2D eigenvalue weighted by Gasteiger charge is -2.21. The van der Waals surface area contributed by atoms with Gasteiger partial charge in [0.25, 0.3) is 21.8 Å². The zero-order valence-electron chi connectivity index (χ0n) is 19.3. The second kappa shape index (κ2) is 9.87. The van der Waals surface area contributed by atoms with E-state index >= 15 is 0 Å². The molecule has 0 unspecified atom stereocenters. The quantitative estimate of drug-likeness (QED) is 0.432. The minimum Gasteiger partial charge on any atom is -0.347 e. The Kier molecular flexibility index (Phi) is 7.33. The van der Waals surface area contributed by atoms with Gasteiger partial charge in [-0.25, -0.2) is 8.42 Å². The Hall–Kier alpha value is -3.36. The van der Waals surface area contributed by atoms with Gasteiger partial charge in [-0.1, -0.05) is 41.4 Å². The molecule has 0 aliphatic heterocycles. The van der Waals surface area contributed by atoms with Crippen LogP contribution in [0.15, 0.2) is 71.6 Å². The number of carbonyl (C=O) groups is 2. The molecular formula is C25H26ClN3O4S. The Labute approximate surface area is 204 Å². The molecule has 0 saturated carbocycles. The maximum Gasteiger partial charge on any atom is 0.261 e. The van der Waals surface area contributed by atoms with Gasteiger partial charge in [-0.15, -0.1) is 0 Å². The number of hydrogen-bond acceptors (Lipinski definition) is 4. The zero-order valence-corrected chi connectivity index (χ0v) is 20.8. The number of anilines is 2.